The van der Waals surface area contributed by atoms with Crippen molar-refractivity contribution in [1.82, 2.24) is 0 Å². The van der Waals surface area contributed by atoms with Gasteiger partial charge in [-0.3, -0.25) is 0 Å². The highest BCUT2D eigenvalue weighted by atomic mass is 15.0. The first-order valence-corrected chi connectivity index (χ1v) is 3.97. The standard InChI is InChI=1S/C10H9N3/c11-9-6-5-7-3-1-2-4-8(7)10(9)13-12/h1-6,12H,11H2. The van der Waals surface area contributed by atoms with Crippen LogP contribution in [0.1, 0.15) is 0 Å². The van der Waals surface area contributed by atoms with Gasteiger partial charge < -0.3 is 5.73 Å². The Kier molecular flexibility index (Phi) is 1.70. The molecular formula is C10H9N3. The lowest BCUT2D eigenvalue weighted by Gasteiger charge is -2.02. The van der Waals surface area contributed by atoms with Crippen molar-refractivity contribution in [3.63, 3.8) is 0 Å². The minimum atomic E-state index is 0.550. The monoisotopic (exact) mass is 171 g/mol. The summed E-state index contributed by atoms with van der Waals surface area (Å²) in [6.07, 6.45) is 0. The van der Waals surface area contributed by atoms with Crippen LogP contribution in [-0.2, 0) is 0 Å². The number of hydrogen-bond donors (Lipinski definition) is 2. The predicted molar refractivity (Wildman–Crippen MR) is 53.2 cm³/mol. The Morgan fingerprint density at radius 3 is 2.62 bits per heavy atom. The van der Waals surface area contributed by atoms with Crippen molar-refractivity contribution in [3.05, 3.63) is 36.4 Å². The van der Waals surface area contributed by atoms with Gasteiger partial charge in [-0.1, -0.05) is 30.3 Å². The number of fused-ring (bicyclic) bond motifs is 1. The van der Waals surface area contributed by atoms with E-state index in [1.165, 1.54) is 0 Å². The second-order valence-corrected chi connectivity index (χ2v) is 2.84. The molecule has 0 aliphatic heterocycles. The maximum Gasteiger partial charge on any atom is 0.116 e. The summed E-state index contributed by atoms with van der Waals surface area (Å²) in [5.41, 5.74) is 13.8. The van der Waals surface area contributed by atoms with Gasteiger partial charge in [0.15, 0.2) is 0 Å². The van der Waals surface area contributed by atoms with Gasteiger partial charge in [0.2, 0.25) is 0 Å². The number of nitrogens with two attached hydrogens (primary N) is 1. The number of benzene rings is 2. The zero-order chi connectivity index (χ0) is 9.26. The second-order valence-electron chi connectivity index (χ2n) is 2.84. The van der Waals surface area contributed by atoms with Gasteiger partial charge >= 0.3 is 0 Å². The molecule has 0 aromatic heterocycles. The molecule has 0 radical (unpaired) electrons. The van der Waals surface area contributed by atoms with Crippen molar-refractivity contribution in [1.29, 1.82) is 5.53 Å². The topological polar surface area (TPSA) is 62.2 Å². The largest absolute Gasteiger partial charge is 0.397 e. The van der Waals surface area contributed by atoms with E-state index in [4.69, 9.17) is 11.3 Å². The molecule has 3 heteroatoms. The molecule has 3 nitrogen and oxygen atoms in total. The van der Waals surface area contributed by atoms with Gasteiger partial charge in [0.25, 0.3) is 0 Å². The number of nitrogen functional groups attached to an aromatic ring is 1. The number of hydrogen-bond acceptors (Lipinski definition) is 3. The van der Waals surface area contributed by atoms with Crippen LogP contribution >= 0.6 is 0 Å². The fraction of sp³-hybridized carbons (Fsp3) is 0. The van der Waals surface area contributed by atoms with Gasteiger partial charge in [0.05, 0.1) is 5.69 Å². The third-order valence-electron chi connectivity index (χ3n) is 2.04. The van der Waals surface area contributed by atoms with Crippen molar-refractivity contribution in [2.45, 2.75) is 0 Å². The smallest absolute Gasteiger partial charge is 0.116 e. The van der Waals surface area contributed by atoms with E-state index in [1.807, 2.05) is 30.3 Å². The van der Waals surface area contributed by atoms with Crippen LogP contribution in [-0.4, -0.2) is 0 Å². The molecular weight excluding hydrogens is 162 g/mol. The summed E-state index contributed by atoms with van der Waals surface area (Å²) in [4.78, 5) is 0. The lowest BCUT2D eigenvalue weighted by molar-refractivity contribution is 1.16. The molecule has 0 aliphatic carbocycles. The second kappa shape index (κ2) is 2.86. The number of rotatable bonds is 1. The van der Waals surface area contributed by atoms with Crippen molar-refractivity contribution < 1.29 is 0 Å². The van der Waals surface area contributed by atoms with E-state index in [1.54, 1.807) is 6.07 Å². The molecule has 0 fully saturated rings. The average molecular weight is 171 g/mol. The Balaban J connectivity index is 2.91. The molecule has 0 saturated carbocycles. The van der Waals surface area contributed by atoms with E-state index in [0.717, 1.165) is 10.8 Å². The molecule has 2 aromatic carbocycles. The summed E-state index contributed by atoms with van der Waals surface area (Å²) in [6, 6.07) is 11.5. The van der Waals surface area contributed by atoms with Crippen molar-refractivity contribution in [3.8, 4) is 0 Å². The number of nitrogens with one attached hydrogen (secondary N) is 1. The summed E-state index contributed by atoms with van der Waals surface area (Å²) >= 11 is 0. The summed E-state index contributed by atoms with van der Waals surface area (Å²) in [7, 11) is 0. The summed E-state index contributed by atoms with van der Waals surface area (Å²) < 4.78 is 0. The molecule has 13 heavy (non-hydrogen) atoms. The Labute approximate surface area is 75.7 Å². The van der Waals surface area contributed by atoms with Crippen LogP contribution in [0.4, 0.5) is 11.4 Å². The van der Waals surface area contributed by atoms with E-state index in [-0.39, 0.29) is 0 Å². The minimum absolute atomic E-state index is 0.550. The van der Waals surface area contributed by atoms with E-state index in [2.05, 4.69) is 5.11 Å². The Hall–Kier alpha value is -1.90. The first-order chi connectivity index (χ1) is 6.33. The highest BCUT2D eigenvalue weighted by Gasteiger charge is 2.02. The molecule has 0 bridgehead atoms. The average Bonchev–Trinajstić information content (AvgIpc) is 2.18. The summed E-state index contributed by atoms with van der Waals surface area (Å²) in [5.74, 6) is 0. The van der Waals surface area contributed by atoms with Gasteiger partial charge in [-0.15, -0.1) is 0 Å². The van der Waals surface area contributed by atoms with Crippen LogP contribution in [0.5, 0.6) is 0 Å². The molecule has 0 atom stereocenters. The Morgan fingerprint density at radius 1 is 1.08 bits per heavy atom. The lowest BCUT2D eigenvalue weighted by Crippen LogP contribution is -1.85. The van der Waals surface area contributed by atoms with Gasteiger partial charge in [-0.2, -0.15) is 5.11 Å². The number of nitrogens with zero attached hydrogens (tertiary/aromatic N) is 1. The van der Waals surface area contributed by atoms with Gasteiger partial charge in [0, 0.05) is 5.39 Å². The van der Waals surface area contributed by atoms with Crippen LogP contribution in [0, 0.1) is 5.53 Å². The van der Waals surface area contributed by atoms with Gasteiger partial charge in [0.1, 0.15) is 5.69 Å². The lowest BCUT2D eigenvalue weighted by atomic mass is 10.1. The molecule has 0 amide bonds. The maximum atomic E-state index is 7.01. The van der Waals surface area contributed by atoms with E-state index >= 15 is 0 Å². The molecule has 2 aromatic rings. The molecule has 0 heterocycles. The molecule has 0 spiro atoms. The van der Waals surface area contributed by atoms with Gasteiger partial charge in [-0.25, -0.2) is 5.53 Å². The highest BCUT2D eigenvalue weighted by molar-refractivity contribution is 5.97. The fourth-order valence-corrected chi connectivity index (χ4v) is 1.40. The third-order valence-corrected chi connectivity index (χ3v) is 2.04. The normalized spacial score (nSPS) is 10.2. The van der Waals surface area contributed by atoms with E-state index in [9.17, 15) is 0 Å². The van der Waals surface area contributed by atoms with Crippen LogP contribution in [0.15, 0.2) is 41.5 Å². The molecule has 0 unspecified atom stereocenters. The first-order valence-electron chi connectivity index (χ1n) is 3.97. The summed E-state index contributed by atoms with van der Waals surface area (Å²) in [5, 5.41) is 5.41. The Bertz CT molecular complexity index is 463. The molecule has 0 aliphatic rings. The van der Waals surface area contributed by atoms with E-state index < -0.39 is 0 Å². The van der Waals surface area contributed by atoms with Crippen LogP contribution in [0.25, 0.3) is 10.8 Å². The number of anilines is 1. The first kappa shape index (κ1) is 7.73. The zero-order valence-corrected chi connectivity index (χ0v) is 6.99. The SMILES string of the molecule is N=Nc1c(N)ccc2ccccc12. The Morgan fingerprint density at radius 2 is 1.85 bits per heavy atom. The maximum absolute atomic E-state index is 7.01. The zero-order valence-electron chi connectivity index (χ0n) is 6.99. The minimum Gasteiger partial charge on any atom is -0.397 e. The van der Waals surface area contributed by atoms with Crippen LogP contribution in [0.2, 0.25) is 0 Å². The molecule has 2 rings (SSSR count). The fourth-order valence-electron chi connectivity index (χ4n) is 1.40. The molecule has 64 valence electrons. The predicted octanol–water partition coefficient (Wildman–Crippen LogP) is 3.08. The van der Waals surface area contributed by atoms with Crippen molar-refractivity contribution in [2.24, 2.45) is 5.11 Å². The molecule has 0 saturated heterocycles. The quantitative estimate of drug-likeness (QED) is 0.502. The van der Waals surface area contributed by atoms with Crippen molar-refractivity contribution in [2.75, 3.05) is 5.73 Å². The van der Waals surface area contributed by atoms with Gasteiger partial charge in [-0.05, 0) is 11.5 Å². The third kappa shape index (κ3) is 1.14. The summed E-state index contributed by atoms with van der Waals surface area (Å²) in [6.45, 7) is 0. The van der Waals surface area contributed by atoms with Crippen molar-refractivity contribution >= 4 is 22.1 Å². The van der Waals surface area contributed by atoms with Crippen LogP contribution in [0.3, 0.4) is 0 Å². The highest BCUT2D eigenvalue weighted by Crippen LogP contribution is 2.31. The van der Waals surface area contributed by atoms with E-state index in [0.29, 0.717) is 11.4 Å². The van der Waals surface area contributed by atoms with Crippen LogP contribution < -0.4 is 5.73 Å². The molecule has 3 N–H and O–H groups in total.